The molecule has 6 aliphatic rings. The second kappa shape index (κ2) is 33.1. The molecule has 5 aliphatic carbocycles. The number of hydrogen-bond donors (Lipinski definition) is 5. The third-order valence-electron chi connectivity index (χ3n) is 20.1. The first-order valence-corrected chi connectivity index (χ1v) is 35.9. The van der Waals surface area contributed by atoms with Crippen LogP contribution in [0.1, 0.15) is 165 Å². The Morgan fingerprint density at radius 2 is 1.51 bits per heavy atom. The minimum atomic E-state index is -4.10. The van der Waals surface area contributed by atoms with Crippen molar-refractivity contribution in [1.29, 1.82) is 5.26 Å². The second-order valence-corrected chi connectivity index (χ2v) is 29.2. The molecule has 10 rings (SSSR count). The van der Waals surface area contributed by atoms with Gasteiger partial charge >= 0.3 is 0 Å². The number of ether oxygens (including phenoxy) is 4. The first-order chi connectivity index (χ1) is 43.7. The normalized spacial score (nSPS) is 25.8. The number of benzene rings is 2. The highest BCUT2D eigenvalue weighted by Crippen LogP contribution is 2.38. The largest absolute Gasteiger partial charge is 0.493 e. The maximum absolute atomic E-state index is 13.7. The predicted octanol–water partition coefficient (Wildman–Crippen LogP) is 9.91. The van der Waals surface area contributed by atoms with Crippen molar-refractivity contribution >= 4 is 66.0 Å². The summed E-state index contributed by atoms with van der Waals surface area (Å²) in [4.78, 5) is 64.3. The van der Waals surface area contributed by atoms with E-state index in [2.05, 4.69) is 54.0 Å². The van der Waals surface area contributed by atoms with Crippen molar-refractivity contribution < 1.29 is 46.5 Å². The first-order valence-electron chi connectivity index (χ1n) is 33.6. The number of amides is 4. The Labute approximate surface area is 536 Å². The third-order valence-corrected chi connectivity index (χ3v) is 22.5. The van der Waals surface area contributed by atoms with E-state index < -0.39 is 15.9 Å². The number of sulfonamides is 1. The molecule has 2 aromatic heterocycles. The summed E-state index contributed by atoms with van der Waals surface area (Å²) in [6.45, 7) is 5.61. The van der Waals surface area contributed by atoms with E-state index >= 15 is 0 Å². The maximum Gasteiger partial charge on any atom is 0.264 e. The fourth-order valence-electron chi connectivity index (χ4n) is 14.7. The van der Waals surface area contributed by atoms with Gasteiger partial charge in [0.2, 0.25) is 23.6 Å². The summed E-state index contributed by atoms with van der Waals surface area (Å²) >= 11 is 1.24. The number of rotatable bonds is 30. The number of anilines is 2. The zero-order valence-electron chi connectivity index (χ0n) is 52.9. The van der Waals surface area contributed by atoms with E-state index in [4.69, 9.17) is 18.9 Å². The molecule has 90 heavy (non-hydrogen) atoms. The van der Waals surface area contributed by atoms with Crippen LogP contribution < -0.4 is 30.7 Å². The summed E-state index contributed by atoms with van der Waals surface area (Å²) in [6.07, 6.45) is 25.4. The molecule has 0 bridgehead atoms. The molecule has 5 saturated carbocycles. The van der Waals surface area contributed by atoms with Gasteiger partial charge in [-0.05, 0) is 188 Å². The Hall–Kier alpha value is -5.96. The molecule has 2 aromatic carbocycles. The number of fused-ring (bicyclic) bond motifs is 1. The van der Waals surface area contributed by atoms with Gasteiger partial charge < -0.3 is 45.1 Å². The Kier molecular flexibility index (Phi) is 24.6. The van der Waals surface area contributed by atoms with E-state index in [-0.39, 0.29) is 81.8 Å². The van der Waals surface area contributed by atoms with Crippen molar-refractivity contribution in [1.82, 2.24) is 35.7 Å². The highest BCUT2D eigenvalue weighted by molar-refractivity contribution is 7.93. The number of nitriles is 1. The van der Waals surface area contributed by atoms with Crippen LogP contribution in [-0.2, 0) is 43.4 Å². The third kappa shape index (κ3) is 18.9. The molecule has 0 radical (unpaired) electrons. The quantitative estimate of drug-likeness (QED) is 0.0305. The van der Waals surface area contributed by atoms with Crippen LogP contribution in [0.15, 0.2) is 65.8 Å². The number of carbonyl (C=O) groups excluding carboxylic acids is 4. The summed E-state index contributed by atoms with van der Waals surface area (Å²) in [5.41, 5.74) is 2.32. The number of thiazole rings is 1. The van der Waals surface area contributed by atoms with Crippen molar-refractivity contribution in [3.05, 3.63) is 72.1 Å². The van der Waals surface area contributed by atoms with Gasteiger partial charge in [-0.2, -0.15) is 5.26 Å². The Bertz CT molecular complexity index is 3140. The lowest BCUT2D eigenvalue weighted by molar-refractivity contribution is -0.128. The lowest BCUT2D eigenvalue weighted by atomic mass is 9.82. The van der Waals surface area contributed by atoms with Crippen molar-refractivity contribution in [3.8, 4) is 11.8 Å². The molecule has 22 heteroatoms. The molecular weight excluding hydrogens is 1180 g/mol. The van der Waals surface area contributed by atoms with Gasteiger partial charge in [-0.15, -0.1) is 0 Å². The van der Waals surface area contributed by atoms with Gasteiger partial charge in [0.25, 0.3) is 10.0 Å². The van der Waals surface area contributed by atoms with Crippen LogP contribution in [0, 0.1) is 46.8 Å². The molecule has 1 unspecified atom stereocenters. The molecule has 3 heterocycles. The predicted molar refractivity (Wildman–Crippen MR) is 347 cm³/mol. The second-order valence-electron chi connectivity index (χ2n) is 26.5. The average Bonchev–Trinajstić information content (AvgIpc) is 2.94. The van der Waals surface area contributed by atoms with Crippen LogP contribution in [0.2, 0.25) is 0 Å². The number of aromatic nitrogens is 2. The number of nitrogens with one attached hydrogen (secondary N) is 5. The van der Waals surface area contributed by atoms with Gasteiger partial charge in [0.15, 0.2) is 5.13 Å². The number of nitrogens with zero attached hydrogens (tertiary/aromatic N) is 5. The topological polar surface area (TPSA) is 256 Å². The minimum Gasteiger partial charge on any atom is -0.493 e. The standard InChI is InChI=1S/C68H96N10O10S2/c1-77(60-13-6-5-12-58(60)73-54-25-30-62(52(37-54)40-69)90(83,84)76-68-75-59-29-28-56(38-61(59)89-68)88-45-47-9-3-4-10-47)33-36-86-44-48-17-15-46(16-18-48)41-72-66(81)50-21-23-53(24-22-50)74-63(79)14-8-34-85-43-49-19-26-55(27-20-49)87-35-32-71-67(82)57-39-64(80)78(2)65(57)51-11-7-31-70-42-51/h7,11,25,28-31,37-38,42,46-50,53,55,57-58,60,65,73H,3-6,8-10,12-24,26-27,32-36,39,41,43-45H2,1-2H3,(H,71,82)(H,72,81)(H,74,79)(H,75,76)/t46?,48?,49?,50?,53?,55?,57-,58?,60-,65+/m0/s1. The van der Waals surface area contributed by atoms with Gasteiger partial charge in [0, 0.05) is 101 Å². The molecule has 5 N–H and O–H groups in total. The van der Waals surface area contributed by atoms with E-state index in [0.717, 1.165) is 132 Å². The highest BCUT2D eigenvalue weighted by atomic mass is 32.2. The Morgan fingerprint density at radius 3 is 2.27 bits per heavy atom. The molecule has 490 valence electrons. The number of hydrogen-bond acceptors (Lipinski definition) is 16. The van der Waals surface area contributed by atoms with Crippen LogP contribution >= 0.6 is 11.3 Å². The number of carbonyl (C=O) groups is 4. The van der Waals surface area contributed by atoms with Crippen LogP contribution in [0.4, 0.5) is 10.8 Å². The van der Waals surface area contributed by atoms with E-state index in [1.165, 1.54) is 43.1 Å². The molecule has 1 saturated heterocycles. The molecule has 20 nitrogen and oxygen atoms in total. The molecular formula is C68H96N10O10S2. The van der Waals surface area contributed by atoms with E-state index in [9.17, 15) is 32.9 Å². The Morgan fingerprint density at radius 1 is 0.789 bits per heavy atom. The zero-order chi connectivity index (χ0) is 62.8. The maximum atomic E-state index is 13.7. The van der Waals surface area contributed by atoms with Gasteiger partial charge in [-0.25, -0.2) is 13.4 Å². The first kappa shape index (κ1) is 66.9. The highest BCUT2D eigenvalue weighted by Gasteiger charge is 2.43. The zero-order valence-corrected chi connectivity index (χ0v) is 54.5. The van der Waals surface area contributed by atoms with Gasteiger partial charge in [0.1, 0.15) is 16.7 Å². The Balaban J connectivity index is 0.535. The molecule has 1 aliphatic heterocycles. The molecule has 4 atom stereocenters. The molecule has 6 fully saturated rings. The fourth-order valence-corrected chi connectivity index (χ4v) is 16.9. The van der Waals surface area contributed by atoms with Crippen LogP contribution in [0.3, 0.4) is 0 Å². The average molecular weight is 1280 g/mol. The molecule has 4 amide bonds. The van der Waals surface area contributed by atoms with Gasteiger partial charge in [-0.3, -0.25) is 33.8 Å². The monoisotopic (exact) mass is 1280 g/mol. The van der Waals surface area contributed by atoms with Crippen molar-refractivity contribution in [2.24, 2.45) is 35.5 Å². The van der Waals surface area contributed by atoms with Crippen molar-refractivity contribution in [2.75, 3.05) is 83.4 Å². The van der Waals surface area contributed by atoms with E-state index in [0.29, 0.717) is 93.8 Å². The summed E-state index contributed by atoms with van der Waals surface area (Å²) in [5.74, 6) is 2.32. The van der Waals surface area contributed by atoms with E-state index in [1.807, 2.05) is 30.3 Å². The van der Waals surface area contributed by atoms with Crippen LogP contribution in [0.25, 0.3) is 10.2 Å². The van der Waals surface area contributed by atoms with E-state index in [1.54, 1.807) is 36.5 Å². The van der Waals surface area contributed by atoms with Crippen molar-refractivity contribution in [2.45, 2.75) is 183 Å². The molecule has 4 aromatic rings. The SMILES string of the molecule is CN(CCOCC1CCC(CNC(=O)C2CCC(NC(=O)CCCOCC3CCC(OCCNC(=O)[C@H]4CC(=O)N(C)[C@@H]4c4cccnc4)CC3)CC2)CC1)[C@H]1CCCCC1Nc1ccc(S(=O)(=O)Nc2nc3ccc(OCC4CCCC4)cc3s2)c(C#N)c1. The summed E-state index contributed by atoms with van der Waals surface area (Å²) < 4.78 is 55.3. The summed E-state index contributed by atoms with van der Waals surface area (Å²) in [7, 11) is -0.215. The smallest absolute Gasteiger partial charge is 0.264 e. The number of likely N-dealkylation sites (tertiary alicyclic amines) is 1. The lowest BCUT2D eigenvalue weighted by Gasteiger charge is -2.39. The summed E-state index contributed by atoms with van der Waals surface area (Å²) in [6, 6.07) is 16.5. The van der Waals surface area contributed by atoms with Gasteiger partial charge in [0.05, 0.1) is 53.7 Å². The summed E-state index contributed by atoms with van der Waals surface area (Å²) in [5, 5.41) is 23.5. The van der Waals surface area contributed by atoms with Gasteiger partial charge in [-0.1, -0.05) is 43.1 Å². The van der Waals surface area contributed by atoms with Crippen LogP contribution in [-0.4, -0.2) is 149 Å². The number of likely N-dealkylation sites (N-methyl/N-ethyl adjacent to an activating group) is 1. The van der Waals surface area contributed by atoms with Crippen molar-refractivity contribution in [3.63, 3.8) is 0 Å². The fraction of sp³-hybridized carbons (Fsp3) is 0.662. The lowest BCUT2D eigenvalue weighted by Crippen LogP contribution is -2.48. The number of pyridine rings is 1. The van der Waals surface area contributed by atoms with Crippen LogP contribution in [0.5, 0.6) is 5.75 Å². The minimum absolute atomic E-state index is 0.0103. The molecule has 0 spiro atoms.